The number of rotatable bonds is 5. The number of ether oxygens (including phenoxy) is 1. The molecule has 0 aliphatic rings. The summed E-state index contributed by atoms with van der Waals surface area (Å²) in [7, 11) is 1.65. The van der Waals surface area contributed by atoms with Crippen molar-refractivity contribution in [3.63, 3.8) is 0 Å². The second-order valence-electron chi connectivity index (χ2n) is 4.31. The van der Waals surface area contributed by atoms with Gasteiger partial charge in [-0.15, -0.1) is 0 Å². The van der Waals surface area contributed by atoms with Crippen LogP contribution in [-0.4, -0.2) is 23.3 Å². The molecule has 0 amide bonds. The van der Waals surface area contributed by atoms with Gasteiger partial charge in [0, 0.05) is 12.5 Å². The van der Waals surface area contributed by atoms with E-state index < -0.39 is 0 Å². The lowest BCUT2D eigenvalue weighted by Gasteiger charge is -2.01. The number of aromatic nitrogens is 2. The predicted octanol–water partition coefficient (Wildman–Crippen LogP) is 1.56. The van der Waals surface area contributed by atoms with Crippen LogP contribution in [0.5, 0.6) is 5.75 Å². The summed E-state index contributed by atoms with van der Waals surface area (Å²) in [4.78, 5) is 4.30. The Hall–Kier alpha value is -1.88. The lowest BCUT2D eigenvalue weighted by atomic mass is 10.1. The maximum absolute atomic E-state index is 5.69. The van der Waals surface area contributed by atoms with Crippen LogP contribution in [-0.2, 0) is 12.8 Å². The first-order valence-corrected chi connectivity index (χ1v) is 5.87. The second kappa shape index (κ2) is 5.64. The van der Waals surface area contributed by atoms with Gasteiger partial charge in [-0.25, -0.2) is 0 Å². The minimum absolute atomic E-state index is 0.0345. The number of benzene rings is 1. The van der Waals surface area contributed by atoms with Crippen molar-refractivity contribution in [3.8, 4) is 5.75 Å². The fourth-order valence-corrected chi connectivity index (χ4v) is 1.69. The number of nitrogens with two attached hydrogens (primary N) is 1. The molecule has 18 heavy (non-hydrogen) atoms. The van der Waals surface area contributed by atoms with E-state index in [2.05, 4.69) is 10.1 Å². The number of hydrogen-bond donors (Lipinski definition) is 1. The summed E-state index contributed by atoms with van der Waals surface area (Å²) in [5.41, 5.74) is 6.76. The van der Waals surface area contributed by atoms with Gasteiger partial charge in [-0.05, 0) is 24.6 Å². The van der Waals surface area contributed by atoms with Crippen molar-refractivity contribution in [2.75, 3.05) is 7.11 Å². The zero-order chi connectivity index (χ0) is 13.0. The van der Waals surface area contributed by atoms with E-state index in [0.717, 1.165) is 11.3 Å². The molecular formula is C13H17N3O2. The molecule has 0 aliphatic carbocycles. The van der Waals surface area contributed by atoms with Crippen LogP contribution in [0, 0.1) is 0 Å². The Morgan fingerprint density at radius 1 is 1.44 bits per heavy atom. The largest absolute Gasteiger partial charge is 0.497 e. The van der Waals surface area contributed by atoms with Crippen molar-refractivity contribution in [3.05, 3.63) is 41.5 Å². The summed E-state index contributed by atoms with van der Waals surface area (Å²) in [5.74, 6) is 2.07. The van der Waals surface area contributed by atoms with Gasteiger partial charge in [-0.1, -0.05) is 17.3 Å². The molecule has 0 spiro atoms. The van der Waals surface area contributed by atoms with E-state index in [4.69, 9.17) is 15.0 Å². The van der Waals surface area contributed by atoms with Gasteiger partial charge in [0.2, 0.25) is 5.89 Å². The first-order valence-electron chi connectivity index (χ1n) is 5.87. The topological polar surface area (TPSA) is 74.2 Å². The molecule has 2 aromatic rings. The van der Waals surface area contributed by atoms with Crippen molar-refractivity contribution in [1.82, 2.24) is 10.1 Å². The molecule has 0 saturated heterocycles. The normalized spacial score (nSPS) is 12.4. The van der Waals surface area contributed by atoms with Crippen LogP contribution in [0.3, 0.4) is 0 Å². The predicted molar refractivity (Wildman–Crippen MR) is 67.5 cm³/mol. The van der Waals surface area contributed by atoms with Crippen LogP contribution in [0.15, 0.2) is 28.8 Å². The minimum atomic E-state index is 0.0345. The molecule has 1 unspecified atom stereocenters. The van der Waals surface area contributed by atoms with Crippen molar-refractivity contribution in [2.24, 2.45) is 5.73 Å². The average molecular weight is 247 g/mol. The molecule has 0 aliphatic heterocycles. The summed E-state index contributed by atoms with van der Waals surface area (Å²) >= 11 is 0. The molecule has 5 heteroatoms. The number of nitrogens with zero attached hydrogens (tertiary/aromatic N) is 2. The third kappa shape index (κ3) is 3.30. The van der Waals surface area contributed by atoms with E-state index in [-0.39, 0.29) is 6.04 Å². The molecular weight excluding hydrogens is 230 g/mol. The zero-order valence-corrected chi connectivity index (χ0v) is 10.6. The van der Waals surface area contributed by atoms with Gasteiger partial charge in [0.15, 0.2) is 5.82 Å². The molecule has 1 aromatic heterocycles. The van der Waals surface area contributed by atoms with Gasteiger partial charge in [0.25, 0.3) is 0 Å². The molecule has 0 fully saturated rings. The zero-order valence-electron chi connectivity index (χ0n) is 10.6. The minimum Gasteiger partial charge on any atom is -0.497 e. The summed E-state index contributed by atoms with van der Waals surface area (Å²) in [5, 5.41) is 3.90. The molecule has 0 radical (unpaired) electrons. The summed E-state index contributed by atoms with van der Waals surface area (Å²) in [6, 6.07) is 7.83. The molecule has 2 N–H and O–H groups in total. The summed E-state index contributed by atoms with van der Waals surface area (Å²) < 4.78 is 10.4. The first-order chi connectivity index (χ1) is 8.67. The second-order valence-corrected chi connectivity index (χ2v) is 4.31. The molecule has 96 valence electrons. The highest BCUT2D eigenvalue weighted by molar-refractivity contribution is 5.29. The number of hydrogen-bond acceptors (Lipinski definition) is 5. The van der Waals surface area contributed by atoms with Gasteiger partial charge in [-0.3, -0.25) is 0 Å². The van der Waals surface area contributed by atoms with Gasteiger partial charge >= 0.3 is 0 Å². The third-order valence-electron chi connectivity index (χ3n) is 2.50. The first kappa shape index (κ1) is 12.6. The van der Waals surface area contributed by atoms with E-state index in [9.17, 15) is 0 Å². The quantitative estimate of drug-likeness (QED) is 0.867. The van der Waals surface area contributed by atoms with E-state index in [1.807, 2.05) is 31.2 Å². The van der Waals surface area contributed by atoms with Crippen LogP contribution >= 0.6 is 0 Å². The van der Waals surface area contributed by atoms with Gasteiger partial charge in [-0.2, -0.15) is 4.98 Å². The fourth-order valence-electron chi connectivity index (χ4n) is 1.69. The third-order valence-corrected chi connectivity index (χ3v) is 2.50. The van der Waals surface area contributed by atoms with Crippen molar-refractivity contribution in [1.29, 1.82) is 0 Å². The van der Waals surface area contributed by atoms with Crippen LogP contribution < -0.4 is 10.5 Å². The fraction of sp³-hybridized carbons (Fsp3) is 0.385. The lowest BCUT2D eigenvalue weighted by Crippen LogP contribution is -2.18. The van der Waals surface area contributed by atoms with Crippen molar-refractivity contribution < 1.29 is 9.26 Å². The van der Waals surface area contributed by atoms with E-state index >= 15 is 0 Å². The summed E-state index contributed by atoms with van der Waals surface area (Å²) in [6.07, 6.45) is 1.23. The molecule has 2 rings (SSSR count). The highest BCUT2D eigenvalue weighted by Gasteiger charge is 2.09. The molecule has 1 aromatic carbocycles. The van der Waals surface area contributed by atoms with Gasteiger partial charge < -0.3 is 15.0 Å². The molecule has 0 bridgehead atoms. The highest BCUT2D eigenvalue weighted by Crippen LogP contribution is 2.15. The average Bonchev–Trinajstić information content (AvgIpc) is 2.76. The molecule has 5 nitrogen and oxygen atoms in total. The molecule has 0 saturated carbocycles. The van der Waals surface area contributed by atoms with Crippen LogP contribution in [0.4, 0.5) is 0 Å². The van der Waals surface area contributed by atoms with Crippen LogP contribution in [0.1, 0.15) is 24.2 Å². The van der Waals surface area contributed by atoms with Crippen molar-refractivity contribution >= 4 is 0 Å². The number of methoxy groups -OCH3 is 1. The standard InChI is InChI=1S/C13H17N3O2/c1-9(14)6-12-15-13(18-16-12)8-10-4-3-5-11(7-10)17-2/h3-5,7,9H,6,8,14H2,1-2H3. The highest BCUT2D eigenvalue weighted by atomic mass is 16.5. The Bertz CT molecular complexity index is 508. The maximum atomic E-state index is 5.69. The van der Waals surface area contributed by atoms with Crippen molar-refractivity contribution in [2.45, 2.75) is 25.8 Å². The summed E-state index contributed by atoms with van der Waals surface area (Å²) in [6.45, 7) is 1.91. The van der Waals surface area contributed by atoms with Gasteiger partial charge in [0.05, 0.1) is 13.5 Å². The molecule has 1 atom stereocenters. The Morgan fingerprint density at radius 2 is 2.28 bits per heavy atom. The SMILES string of the molecule is COc1cccc(Cc2nc(CC(C)N)no2)c1. The van der Waals surface area contributed by atoms with Crippen LogP contribution in [0.2, 0.25) is 0 Å². The monoisotopic (exact) mass is 247 g/mol. The smallest absolute Gasteiger partial charge is 0.231 e. The Morgan fingerprint density at radius 3 is 3.00 bits per heavy atom. The van der Waals surface area contributed by atoms with Crippen LogP contribution in [0.25, 0.3) is 0 Å². The van der Waals surface area contributed by atoms with E-state index in [1.165, 1.54) is 0 Å². The Labute approximate surface area is 106 Å². The Kier molecular flexibility index (Phi) is 3.94. The van der Waals surface area contributed by atoms with E-state index in [1.54, 1.807) is 7.11 Å². The Balaban J connectivity index is 2.06. The molecule has 1 heterocycles. The van der Waals surface area contributed by atoms with E-state index in [0.29, 0.717) is 24.6 Å². The lowest BCUT2D eigenvalue weighted by molar-refractivity contribution is 0.378. The maximum Gasteiger partial charge on any atom is 0.231 e. The van der Waals surface area contributed by atoms with Gasteiger partial charge in [0.1, 0.15) is 5.75 Å².